The number of hydrogen-bond donors (Lipinski definition) is 1. The molecule has 1 aliphatic rings. The Hall–Kier alpha value is -0.340. The highest BCUT2D eigenvalue weighted by atomic mass is 79.9. The van der Waals surface area contributed by atoms with Gasteiger partial charge in [-0.1, -0.05) is 41.1 Å². The van der Waals surface area contributed by atoms with Crippen molar-refractivity contribution in [3.63, 3.8) is 0 Å². The van der Waals surface area contributed by atoms with Crippen LogP contribution >= 0.6 is 15.9 Å². The first-order valence-electron chi connectivity index (χ1n) is 5.22. The molecule has 0 atom stereocenters. The van der Waals surface area contributed by atoms with Crippen molar-refractivity contribution in [1.29, 1.82) is 0 Å². The molecule has 1 aromatic carbocycles. The first-order valence-corrected chi connectivity index (χ1v) is 6.02. The standard InChI is InChI=1S/C12H16BrN/c1-9-6-11(7-9)14-8-10-4-2-3-5-12(10)13/h2-5,9,11,14H,6-8H2,1H3. The number of rotatable bonds is 3. The molecular formula is C12H16BrN. The van der Waals surface area contributed by atoms with Gasteiger partial charge in [-0.3, -0.25) is 0 Å². The average Bonchev–Trinajstić information content (AvgIpc) is 2.13. The maximum atomic E-state index is 3.58. The van der Waals surface area contributed by atoms with Crippen LogP contribution in [0.5, 0.6) is 0 Å². The molecule has 1 saturated carbocycles. The zero-order valence-electron chi connectivity index (χ0n) is 8.46. The molecule has 0 bridgehead atoms. The van der Waals surface area contributed by atoms with Crippen molar-refractivity contribution in [2.24, 2.45) is 5.92 Å². The quantitative estimate of drug-likeness (QED) is 0.872. The number of benzene rings is 1. The predicted octanol–water partition coefficient (Wildman–Crippen LogP) is 3.34. The van der Waals surface area contributed by atoms with Gasteiger partial charge in [-0.2, -0.15) is 0 Å². The normalized spacial score (nSPS) is 25.9. The van der Waals surface area contributed by atoms with Gasteiger partial charge in [0.05, 0.1) is 0 Å². The van der Waals surface area contributed by atoms with E-state index < -0.39 is 0 Å². The topological polar surface area (TPSA) is 12.0 Å². The molecule has 1 nitrogen and oxygen atoms in total. The van der Waals surface area contributed by atoms with Gasteiger partial charge in [0.1, 0.15) is 0 Å². The van der Waals surface area contributed by atoms with Crippen LogP contribution in [0.15, 0.2) is 28.7 Å². The second-order valence-electron chi connectivity index (χ2n) is 4.25. The van der Waals surface area contributed by atoms with Crippen LogP contribution in [-0.2, 0) is 6.54 Å². The van der Waals surface area contributed by atoms with Gasteiger partial charge in [-0.15, -0.1) is 0 Å². The summed E-state index contributed by atoms with van der Waals surface area (Å²) >= 11 is 3.56. The Bertz CT molecular complexity index is 305. The predicted molar refractivity (Wildman–Crippen MR) is 63.2 cm³/mol. The van der Waals surface area contributed by atoms with Gasteiger partial charge >= 0.3 is 0 Å². The van der Waals surface area contributed by atoms with Crippen molar-refractivity contribution in [3.8, 4) is 0 Å². The summed E-state index contributed by atoms with van der Waals surface area (Å²) in [7, 11) is 0. The first-order chi connectivity index (χ1) is 6.75. The third-order valence-corrected chi connectivity index (χ3v) is 3.69. The van der Waals surface area contributed by atoms with Gasteiger partial charge in [0, 0.05) is 17.1 Å². The van der Waals surface area contributed by atoms with Crippen LogP contribution in [0.25, 0.3) is 0 Å². The lowest BCUT2D eigenvalue weighted by atomic mass is 9.82. The molecule has 0 aliphatic heterocycles. The van der Waals surface area contributed by atoms with Gasteiger partial charge < -0.3 is 5.32 Å². The van der Waals surface area contributed by atoms with Crippen LogP contribution in [0.2, 0.25) is 0 Å². The fourth-order valence-corrected chi connectivity index (χ4v) is 2.39. The lowest BCUT2D eigenvalue weighted by Gasteiger charge is -2.33. The van der Waals surface area contributed by atoms with Crippen molar-refractivity contribution in [2.75, 3.05) is 0 Å². The summed E-state index contributed by atoms with van der Waals surface area (Å²) in [6.07, 6.45) is 2.68. The van der Waals surface area contributed by atoms with E-state index in [9.17, 15) is 0 Å². The molecule has 1 N–H and O–H groups in total. The molecule has 0 heterocycles. The molecule has 0 saturated heterocycles. The third kappa shape index (κ3) is 2.37. The van der Waals surface area contributed by atoms with Gasteiger partial charge in [0.2, 0.25) is 0 Å². The SMILES string of the molecule is CC1CC(NCc2ccccc2Br)C1. The highest BCUT2D eigenvalue weighted by Gasteiger charge is 2.24. The molecule has 1 aliphatic carbocycles. The van der Waals surface area contributed by atoms with Crippen molar-refractivity contribution < 1.29 is 0 Å². The Morgan fingerprint density at radius 1 is 1.36 bits per heavy atom. The maximum absolute atomic E-state index is 3.58. The molecule has 1 fully saturated rings. The molecule has 2 rings (SSSR count). The van der Waals surface area contributed by atoms with Crippen LogP contribution in [-0.4, -0.2) is 6.04 Å². The zero-order chi connectivity index (χ0) is 9.97. The monoisotopic (exact) mass is 253 g/mol. The highest BCUT2D eigenvalue weighted by Crippen LogP contribution is 2.27. The van der Waals surface area contributed by atoms with Crippen LogP contribution in [0.3, 0.4) is 0 Å². The van der Waals surface area contributed by atoms with Crippen molar-refractivity contribution in [3.05, 3.63) is 34.3 Å². The fraction of sp³-hybridized carbons (Fsp3) is 0.500. The van der Waals surface area contributed by atoms with Gasteiger partial charge in [0.25, 0.3) is 0 Å². The minimum Gasteiger partial charge on any atom is -0.310 e. The van der Waals surface area contributed by atoms with E-state index in [0.717, 1.165) is 18.5 Å². The van der Waals surface area contributed by atoms with Crippen LogP contribution in [0.4, 0.5) is 0 Å². The molecule has 0 unspecified atom stereocenters. The van der Waals surface area contributed by atoms with Crippen molar-refractivity contribution >= 4 is 15.9 Å². The fourth-order valence-electron chi connectivity index (χ4n) is 1.97. The van der Waals surface area contributed by atoms with E-state index in [1.165, 1.54) is 22.9 Å². The summed E-state index contributed by atoms with van der Waals surface area (Å²) in [6.45, 7) is 3.30. The Balaban J connectivity index is 1.83. The number of hydrogen-bond acceptors (Lipinski definition) is 1. The maximum Gasteiger partial charge on any atom is 0.0220 e. The minimum absolute atomic E-state index is 0.747. The molecule has 0 aromatic heterocycles. The minimum atomic E-state index is 0.747. The summed E-state index contributed by atoms with van der Waals surface area (Å²) in [5.41, 5.74) is 1.35. The highest BCUT2D eigenvalue weighted by molar-refractivity contribution is 9.10. The largest absolute Gasteiger partial charge is 0.310 e. The Morgan fingerprint density at radius 3 is 2.71 bits per heavy atom. The summed E-state index contributed by atoms with van der Waals surface area (Å²) in [4.78, 5) is 0. The Kier molecular flexibility index (Phi) is 3.24. The molecule has 0 spiro atoms. The molecule has 0 amide bonds. The Labute approximate surface area is 94.0 Å². The zero-order valence-corrected chi connectivity index (χ0v) is 10.0. The summed E-state index contributed by atoms with van der Waals surface area (Å²) in [5.74, 6) is 0.923. The van der Waals surface area contributed by atoms with E-state index in [1.54, 1.807) is 0 Å². The molecule has 76 valence electrons. The van der Waals surface area contributed by atoms with E-state index in [1.807, 2.05) is 0 Å². The lowest BCUT2D eigenvalue weighted by Crippen LogP contribution is -2.39. The summed E-state index contributed by atoms with van der Waals surface area (Å²) < 4.78 is 1.21. The molecular weight excluding hydrogens is 238 g/mol. The van der Waals surface area contributed by atoms with E-state index in [2.05, 4.69) is 52.4 Å². The van der Waals surface area contributed by atoms with Gasteiger partial charge in [-0.25, -0.2) is 0 Å². The Morgan fingerprint density at radius 2 is 2.07 bits per heavy atom. The second kappa shape index (κ2) is 4.45. The van der Waals surface area contributed by atoms with Gasteiger partial charge in [0.15, 0.2) is 0 Å². The third-order valence-electron chi connectivity index (χ3n) is 2.91. The van der Waals surface area contributed by atoms with E-state index >= 15 is 0 Å². The van der Waals surface area contributed by atoms with Crippen LogP contribution in [0, 0.1) is 5.92 Å². The second-order valence-corrected chi connectivity index (χ2v) is 5.10. The van der Waals surface area contributed by atoms with E-state index in [0.29, 0.717) is 0 Å². The van der Waals surface area contributed by atoms with E-state index in [4.69, 9.17) is 0 Å². The van der Waals surface area contributed by atoms with Gasteiger partial charge in [-0.05, 0) is 30.4 Å². The summed E-state index contributed by atoms with van der Waals surface area (Å²) in [6, 6.07) is 9.15. The first kappa shape index (κ1) is 10.2. The summed E-state index contributed by atoms with van der Waals surface area (Å²) in [5, 5.41) is 3.58. The smallest absolute Gasteiger partial charge is 0.0220 e. The van der Waals surface area contributed by atoms with E-state index in [-0.39, 0.29) is 0 Å². The van der Waals surface area contributed by atoms with Crippen LogP contribution < -0.4 is 5.32 Å². The molecule has 14 heavy (non-hydrogen) atoms. The number of halogens is 1. The van der Waals surface area contributed by atoms with Crippen molar-refractivity contribution in [1.82, 2.24) is 5.32 Å². The average molecular weight is 254 g/mol. The lowest BCUT2D eigenvalue weighted by molar-refractivity contribution is 0.240. The molecule has 0 radical (unpaired) electrons. The molecule has 1 aromatic rings. The van der Waals surface area contributed by atoms with Crippen molar-refractivity contribution in [2.45, 2.75) is 32.4 Å². The van der Waals surface area contributed by atoms with Crippen LogP contribution in [0.1, 0.15) is 25.3 Å². The number of nitrogens with one attached hydrogen (secondary N) is 1. The molecule has 2 heteroatoms.